The Bertz CT molecular complexity index is 610. The third kappa shape index (κ3) is 35.1. The summed E-state index contributed by atoms with van der Waals surface area (Å²) in [7, 11) is 4.51. The third-order valence-electron chi connectivity index (χ3n) is 8.50. The number of allylic oxidation sites excluding steroid dienone is 8. The Labute approximate surface area is 266 Å². The zero-order valence-electron chi connectivity index (χ0n) is 29.4. The zero-order valence-corrected chi connectivity index (χ0v) is 29.4. The van der Waals surface area contributed by atoms with Gasteiger partial charge in [0.05, 0.1) is 0 Å². The van der Waals surface area contributed by atoms with E-state index in [0.717, 1.165) is 18.8 Å². The number of rotatable bonds is 33. The molecule has 0 spiro atoms. The molecule has 0 heterocycles. The minimum Gasteiger partial charge on any atom is -0.309 e. The summed E-state index contributed by atoms with van der Waals surface area (Å²) >= 11 is 0. The van der Waals surface area contributed by atoms with Gasteiger partial charge in [-0.1, -0.05) is 159 Å². The van der Waals surface area contributed by atoms with Crippen LogP contribution in [0.15, 0.2) is 48.6 Å². The fourth-order valence-electron chi connectivity index (χ4n) is 5.86. The fraction of sp³-hybridized carbons (Fsp3) is 0.805. The molecular formula is C41H77N. The Morgan fingerprint density at radius 2 is 0.690 bits per heavy atom. The molecule has 0 saturated carbocycles. The first-order valence-electron chi connectivity index (χ1n) is 18.9. The average molecular weight is 584 g/mol. The van der Waals surface area contributed by atoms with Crippen LogP contribution < -0.4 is 0 Å². The van der Waals surface area contributed by atoms with E-state index in [4.69, 9.17) is 0 Å². The lowest BCUT2D eigenvalue weighted by atomic mass is 9.93. The SMILES string of the molecule is CCCCC/C=C\C/C=C\CCCCCCCCCC(CCCCCCCC/C=C\C/C=C\CCCCC)CN(C)C. The summed E-state index contributed by atoms with van der Waals surface area (Å²) in [6.07, 6.45) is 55.7. The Kier molecular flexibility index (Phi) is 35.2. The largest absolute Gasteiger partial charge is 0.309 e. The first-order valence-corrected chi connectivity index (χ1v) is 18.9. The van der Waals surface area contributed by atoms with Crippen molar-refractivity contribution in [3.05, 3.63) is 48.6 Å². The van der Waals surface area contributed by atoms with E-state index >= 15 is 0 Å². The van der Waals surface area contributed by atoms with E-state index < -0.39 is 0 Å². The molecular weight excluding hydrogens is 506 g/mol. The predicted molar refractivity (Wildman–Crippen MR) is 195 cm³/mol. The molecule has 0 fully saturated rings. The Balaban J connectivity index is 3.60. The summed E-state index contributed by atoms with van der Waals surface area (Å²) in [5.41, 5.74) is 0. The Hall–Kier alpha value is -1.08. The molecule has 1 unspecified atom stereocenters. The highest BCUT2D eigenvalue weighted by Gasteiger charge is 2.09. The lowest BCUT2D eigenvalue weighted by molar-refractivity contribution is 0.286. The van der Waals surface area contributed by atoms with Crippen LogP contribution in [0.25, 0.3) is 0 Å². The van der Waals surface area contributed by atoms with Gasteiger partial charge in [-0.25, -0.2) is 0 Å². The minimum atomic E-state index is 0.906. The molecule has 0 aliphatic heterocycles. The van der Waals surface area contributed by atoms with Crippen molar-refractivity contribution in [1.82, 2.24) is 4.90 Å². The standard InChI is InChI=1S/C41H77N/c1-5-7-9-11-13-15-17-19-21-23-25-27-29-31-33-35-37-39-41(40-42(3)4)38-36-34-32-30-28-26-24-22-20-18-16-14-12-10-8-6-2/h13-16,19-22,41H,5-12,17-18,23-40H2,1-4H3/b15-13-,16-14-,21-19-,22-20-. The smallest absolute Gasteiger partial charge is 0.000356 e. The Morgan fingerprint density at radius 3 is 1.02 bits per heavy atom. The van der Waals surface area contributed by atoms with Crippen LogP contribution in [0.5, 0.6) is 0 Å². The highest BCUT2D eigenvalue weighted by molar-refractivity contribution is 4.93. The van der Waals surface area contributed by atoms with Crippen LogP contribution in [0.1, 0.15) is 187 Å². The fourth-order valence-corrected chi connectivity index (χ4v) is 5.86. The molecule has 0 rings (SSSR count). The normalized spacial score (nSPS) is 13.3. The number of nitrogens with zero attached hydrogens (tertiary/aromatic N) is 1. The molecule has 0 aliphatic carbocycles. The molecule has 0 radical (unpaired) electrons. The molecule has 0 aliphatic rings. The van der Waals surface area contributed by atoms with Crippen molar-refractivity contribution in [2.75, 3.05) is 20.6 Å². The maximum Gasteiger partial charge on any atom is 0.000356 e. The van der Waals surface area contributed by atoms with Gasteiger partial charge in [-0.05, 0) is 97.1 Å². The first-order chi connectivity index (χ1) is 20.7. The van der Waals surface area contributed by atoms with E-state index in [-0.39, 0.29) is 0 Å². The summed E-state index contributed by atoms with van der Waals surface area (Å²) in [5, 5.41) is 0. The second-order valence-electron chi connectivity index (χ2n) is 13.2. The molecule has 0 N–H and O–H groups in total. The van der Waals surface area contributed by atoms with Crippen molar-refractivity contribution in [3.8, 4) is 0 Å². The topological polar surface area (TPSA) is 3.24 Å². The summed E-state index contributed by atoms with van der Waals surface area (Å²) in [5.74, 6) is 0.906. The third-order valence-corrected chi connectivity index (χ3v) is 8.50. The first kappa shape index (κ1) is 40.9. The summed E-state index contributed by atoms with van der Waals surface area (Å²) < 4.78 is 0. The van der Waals surface area contributed by atoms with Crippen LogP contribution in [0, 0.1) is 5.92 Å². The Morgan fingerprint density at radius 1 is 0.381 bits per heavy atom. The summed E-state index contributed by atoms with van der Waals surface area (Å²) in [4.78, 5) is 2.42. The second kappa shape index (κ2) is 36.1. The molecule has 1 heteroatoms. The highest BCUT2D eigenvalue weighted by atomic mass is 15.1. The van der Waals surface area contributed by atoms with E-state index in [2.05, 4.69) is 81.5 Å². The van der Waals surface area contributed by atoms with Crippen LogP contribution in [-0.2, 0) is 0 Å². The van der Waals surface area contributed by atoms with E-state index in [9.17, 15) is 0 Å². The van der Waals surface area contributed by atoms with Crippen LogP contribution in [0.3, 0.4) is 0 Å². The van der Waals surface area contributed by atoms with E-state index in [1.807, 2.05) is 0 Å². The van der Waals surface area contributed by atoms with Gasteiger partial charge in [-0.3, -0.25) is 0 Å². The van der Waals surface area contributed by atoms with Crippen molar-refractivity contribution in [3.63, 3.8) is 0 Å². The molecule has 0 bridgehead atoms. The molecule has 246 valence electrons. The van der Waals surface area contributed by atoms with Crippen LogP contribution in [-0.4, -0.2) is 25.5 Å². The number of hydrogen-bond donors (Lipinski definition) is 0. The maximum absolute atomic E-state index is 2.42. The van der Waals surface area contributed by atoms with Crippen molar-refractivity contribution in [2.24, 2.45) is 5.92 Å². The van der Waals surface area contributed by atoms with Crippen molar-refractivity contribution >= 4 is 0 Å². The van der Waals surface area contributed by atoms with Crippen LogP contribution in [0.4, 0.5) is 0 Å². The van der Waals surface area contributed by atoms with Crippen LogP contribution >= 0.6 is 0 Å². The molecule has 1 nitrogen and oxygen atoms in total. The predicted octanol–water partition coefficient (Wildman–Crippen LogP) is 14.0. The van der Waals surface area contributed by atoms with Crippen LogP contribution in [0.2, 0.25) is 0 Å². The van der Waals surface area contributed by atoms with E-state index in [0.29, 0.717) is 0 Å². The van der Waals surface area contributed by atoms with Gasteiger partial charge in [0.2, 0.25) is 0 Å². The number of unbranched alkanes of at least 4 members (excludes halogenated alkanes) is 19. The van der Waals surface area contributed by atoms with Gasteiger partial charge in [0.25, 0.3) is 0 Å². The molecule has 0 saturated heterocycles. The molecule has 1 atom stereocenters. The molecule has 0 amide bonds. The molecule has 0 aromatic carbocycles. The van der Waals surface area contributed by atoms with Crippen molar-refractivity contribution in [2.45, 2.75) is 187 Å². The summed E-state index contributed by atoms with van der Waals surface area (Å²) in [6.45, 7) is 5.83. The molecule has 0 aromatic rings. The van der Waals surface area contributed by atoms with Gasteiger partial charge in [0.1, 0.15) is 0 Å². The number of hydrogen-bond acceptors (Lipinski definition) is 1. The zero-order chi connectivity index (χ0) is 30.6. The van der Waals surface area contributed by atoms with Gasteiger partial charge in [0.15, 0.2) is 0 Å². The lowest BCUT2D eigenvalue weighted by Crippen LogP contribution is -2.21. The van der Waals surface area contributed by atoms with E-state index in [1.54, 1.807) is 0 Å². The highest BCUT2D eigenvalue weighted by Crippen LogP contribution is 2.20. The summed E-state index contributed by atoms with van der Waals surface area (Å²) in [6, 6.07) is 0. The van der Waals surface area contributed by atoms with E-state index in [1.165, 1.54) is 167 Å². The monoisotopic (exact) mass is 584 g/mol. The second-order valence-corrected chi connectivity index (χ2v) is 13.2. The molecule has 42 heavy (non-hydrogen) atoms. The van der Waals surface area contributed by atoms with Crippen molar-refractivity contribution in [1.29, 1.82) is 0 Å². The van der Waals surface area contributed by atoms with Crippen molar-refractivity contribution < 1.29 is 0 Å². The van der Waals surface area contributed by atoms with Gasteiger partial charge in [-0.2, -0.15) is 0 Å². The van der Waals surface area contributed by atoms with Gasteiger partial charge >= 0.3 is 0 Å². The quantitative estimate of drug-likeness (QED) is 0.0548. The van der Waals surface area contributed by atoms with Gasteiger partial charge in [0, 0.05) is 6.54 Å². The van der Waals surface area contributed by atoms with Gasteiger partial charge in [-0.15, -0.1) is 0 Å². The average Bonchev–Trinajstić information content (AvgIpc) is 2.98. The van der Waals surface area contributed by atoms with Gasteiger partial charge < -0.3 is 4.90 Å². The maximum atomic E-state index is 2.42. The molecule has 0 aromatic heterocycles. The lowest BCUT2D eigenvalue weighted by Gasteiger charge is -2.21. The minimum absolute atomic E-state index is 0.906.